The molecule has 1 saturated heterocycles. The molecule has 0 aliphatic carbocycles. The van der Waals surface area contributed by atoms with E-state index >= 15 is 0 Å². The highest BCUT2D eigenvalue weighted by molar-refractivity contribution is 6.08. The van der Waals surface area contributed by atoms with E-state index in [1.165, 1.54) is 24.1 Å². The topological polar surface area (TPSA) is 85.7 Å². The van der Waals surface area contributed by atoms with Crippen LogP contribution in [0.4, 0.5) is 15.8 Å². The van der Waals surface area contributed by atoms with Gasteiger partial charge in [-0.05, 0) is 37.3 Å². The van der Waals surface area contributed by atoms with Crippen molar-refractivity contribution in [1.29, 1.82) is 0 Å². The van der Waals surface area contributed by atoms with Gasteiger partial charge in [0.05, 0.1) is 49.0 Å². The quantitative estimate of drug-likeness (QED) is 0.616. The number of amides is 1. The van der Waals surface area contributed by atoms with Crippen LogP contribution in [0.3, 0.4) is 0 Å². The Morgan fingerprint density at radius 1 is 1.12 bits per heavy atom. The van der Waals surface area contributed by atoms with Gasteiger partial charge >= 0.3 is 5.97 Å². The third-order valence-corrected chi connectivity index (χ3v) is 5.37. The number of esters is 1. The Hall–Kier alpha value is -3.72. The van der Waals surface area contributed by atoms with Crippen molar-refractivity contribution in [2.45, 2.75) is 6.92 Å². The first-order chi connectivity index (χ1) is 15.5. The van der Waals surface area contributed by atoms with Gasteiger partial charge in [-0.15, -0.1) is 0 Å². The molecule has 0 atom stereocenters. The number of nitrogens with one attached hydrogen (secondary N) is 1. The zero-order valence-corrected chi connectivity index (χ0v) is 17.8. The highest BCUT2D eigenvalue weighted by Crippen LogP contribution is 2.26. The van der Waals surface area contributed by atoms with Crippen molar-refractivity contribution in [3.8, 4) is 5.69 Å². The Morgan fingerprint density at radius 2 is 1.88 bits per heavy atom. The normalized spacial score (nSPS) is 13.7. The van der Waals surface area contributed by atoms with Crippen molar-refractivity contribution < 1.29 is 23.5 Å². The molecule has 0 saturated carbocycles. The molecule has 0 radical (unpaired) electrons. The molecule has 1 fully saturated rings. The van der Waals surface area contributed by atoms with Crippen molar-refractivity contribution in [3.05, 3.63) is 71.3 Å². The molecule has 1 N–H and O–H groups in total. The summed E-state index contributed by atoms with van der Waals surface area (Å²) in [4.78, 5) is 27.5. The first-order valence-corrected chi connectivity index (χ1v) is 10.2. The lowest BCUT2D eigenvalue weighted by Gasteiger charge is -2.29. The maximum absolute atomic E-state index is 14.2. The Kier molecular flexibility index (Phi) is 6.18. The minimum atomic E-state index is -0.561. The number of rotatable bonds is 5. The van der Waals surface area contributed by atoms with E-state index in [1.807, 2.05) is 6.07 Å². The van der Waals surface area contributed by atoms with Crippen molar-refractivity contribution in [3.63, 3.8) is 0 Å². The second-order valence-corrected chi connectivity index (χ2v) is 7.28. The molecular weight excluding hydrogens is 415 g/mol. The van der Waals surface area contributed by atoms with Crippen molar-refractivity contribution >= 4 is 23.3 Å². The highest BCUT2D eigenvalue weighted by Gasteiger charge is 2.21. The summed E-state index contributed by atoms with van der Waals surface area (Å²) in [5.74, 6) is -1.47. The van der Waals surface area contributed by atoms with Crippen molar-refractivity contribution in [2.24, 2.45) is 0 Å². The zero-order chi connectivity index (χ0) is 22.7. The summed E-state index contributed by atoms with van der Waals surface area (Å²) in [6.07, 6.45) is 1.37. The fourth-order valence-electron chi connectivity index (χ4n) is 3.63. The highest BCUT2D eigenvalue weighted by atomic mass is 19.1. The minimum Gasteiger partial charge on any atom is -0.465 e. The van der Waals surface area contributed by atoms with Crippen LogP contribution in [0.15, 0.2) is 48.7 Å². The number of hydrogen-bond donors (Lipinski definition) is 1. The molecule has 1 aromatic heterocycles. The molecule has 0 unspecified atom stereocenters. The SMILES string of the molecule is COC(=O)c1cc(N2CCOCC2)ccc1NC(=O)c1cnn(-c2ccccc2F)c1C. The predicted molar refractivity (Wildman–Crippen MR) is 117 cm³/mol. The second kappa shape index (κ2) is 9.19. The van der Waals surface area contributed by atoms with E-state index in [0.29, 0.717) is 37.7 Å². The van der Waals surface area contributed by atoms with Crippen LogP contribution in [0.2, 0.25) is 0 Å². The van der Waals surface area contributed by atoms with E-state index < -0.39 is 17.7 Å². The van der Waals surface area contributed by atoms with Crippen LogP contribution in [0, 0.1) is 12.7 Å². The summed E-state index contributed by atoms with van der Waals surface area (Å²) in [5.41, 5.74) is 2.38. The molecule has 1 amide bonds. The van der Waals surface area contributed by atoms with Crippen LogP contribution < -0.4 is 10.2 Å². The lowest BCUT2D eigenvalue weighted by Crippen LogP contribution is -2.36. The van der Waals surface area contributed by atoms with Gasteiger partial charge in [0.25, 0.3) is 5.91 Å². The Morgan fingerprint density at radius 3 is 2.59 bits per heavy atom. The van der Waals surface area contributed by atoms with Gasteiger partial charge in [0, 0.05) is 18.8 Å². The number of methoxy groups -OCH3 is 1. The van der Waals surface area contributed by atoms with Crippen LogP contribution in [0.1, 0.15) is 26.4 Å². The molecule has 2 heterocycles. The van der Waals surface area contributed by atoms with Crippen molar-refractivity contribution in [2.75, 3.05) is 43.6 Å². The first-order valence-electron chi connectivity index (χ1n) is 10.2. The Balaban J connectivity index is 1.62. The van der Waals surface area contributed by atoms with Gasteiger partial charge in [-0.2, -0.15) is 5.10 Å². The first kappa shape index (κ1) is 21.5. The Labute approximate surface area is 184 Å². The van der Waals surface area contributed by atoms with Gasteiger partial charge in [-0.3, -0.25) is 4.79 Å². The summed E-state index contributed by atoms with van der Waals surface area (Å²) in [5, 5.41) is 6.93. The number of ether oxygens (including phenoxy) is 2. The molecule has 8 nitrogen and oxygen atoms in total. The van der Waals surface area contributed by atoms with Gasteiger partial charge in [0.15, 0.2) is 0 Å². The summed E-state index contributed by atoms with van der Waals surface area (Å²) in [6, 6.07) is 11.4. The maximum Gasteiger partial charge on any atom is 0.340 e. The number of morpholine rings is 1. The number of carbonyl (C=O) groups is 2. The number of nitrogens with zero attached hydrogens (tertiary/aromatic N) is 3. The third-order valence-electron chi connectivity index (χ3n) is 5.37. The summed E-state index contributed by atoms with van der Waals surface area (Å²) in [6.45, 7) is 4.31. The lowest BCUT2D eigenvalue weighted by molar-refractivity contribution is 0.0602. The zero-order valence-electron chi connectivity index (χ0n) is 17.8. The van der Waals surface area contributed by atoms with Gasteiger partial charge in [-0.25, -0.2) is 13.9 Å². The number of hydrogen-bond acceptors (Lipinski definition) is 6. The fourth-order valence-corrected chi connectivity index (χ4v) is 3.63. The minimum absolute atomic E-state index is 0.240. The van der Waals surface area contributed by atoms with Gasteiger partial charge < -0.3 is 19.7 Å². The molecule has 4 rings (SSSR count). The smallest absolute Gasteiger partial charge is 0.340 e. The van der Waals surface area contributed by atoms with Gasteiger partial charge in [0.1, 0.15) is 11.5 Å². The lowest BCUT2D eigenvalue weighted by atomic mass is 10.1. The average molecular weight is 438 g/mol. The van der Waals surface area contributed by atoms with E-state index in [1.54, 1.807) is 37.3 Å². The maximum atomic E-state index is 14.2. The number of para-hydroxylation sites is 1. The largest absolute Gasteiger partial charge is 0.465 e. The monoisotopic (exact) mass is 438 g/mol. The van der Waals surface area contributed by atoms with Crippen LogP contribution in [0.5, 0.6) is 0 Å². The second-order valence-electron chi connectivity index (χ2n) is 7.28. The van der Waals surface area contributed by atoms with E-state index in [-0.39, 0.29) is 16.8 Å². The number of aromatic nitrogens is 2. The predicted octanol–water partition coefficient (Wildman–Crippen LogP) is 3.20. The fraction of sp³-hybridized carbons (Fsp3) is 0.261. The molecule has 2 aromatic carbocycles. The summed E-state index contributed by atoms with van der Waals surface area (Å²) < 4.78 is 25.8. The molecule has 3 aromatic rings. The number of carbonyl (C=O) groups excluding carboxylic acids is 2. The summed E-state index contributed by atoms with van der Waals surface area (Å²) in [7, 11) is 1.29. The molecule has 1 aliphatic rings. The van der Waals surface area contributed by atoms with E-state index in [2.05, 4.69) is 15.3 Å². The summed E-state index contributed by atoms with van der Waals surface area (Å²) >= 11 is 0. The molecule has 9 heteroatoms. The van der Waals surface area contributed by atoms with E-state index in [0.717, 1.165) is 5.69 Å². The molecule has 1 aliphatic heterocycles. The third kappa shape index (κ3) is 4.19. The van der Waals surface area contributed by atoms with Crippen LogP contribution >= 0.6 is 0 Å². The Bertz CT molecular complexity index is 1150. The van der Waals surface area contributed by atoms with Gasteiger partial charge in [-0.1, -0.05) is 12.1 Å². The molecular formula is C23H23FN4O4. The van der Waals surface area contributed by atoms with Crippen LogP contribution in [0.25, 0.3) is 5.69 Å². The van der Waals surface area contributed by atoms with Crippen LogP contribution in [-0.2, 0) is 9.47 Å². The molecule has 0 spiro atoms. The standard InChI is InChI=1S/C23H23FN4O4/c1-15-18(14-25-28(15)21-6-4-3-5-19(21)24)22(29)26-20-8-7-16(13-17(20)23(30)31-2)27-9-11-32-12-10-27/h3-8,13-14H,9-12H2,1-2H3,(H,26,29). The van der Waals surface area contributed by atoms with Crippen molar-refractivity contribution in [1.82, 2.24) is 9.78 Å². The number of benzene rings is 2. The van der Waals surface area contributed by atoms with E-state index in [9.17, 15) is 14.0 Å². The molecule has 0 bridgehead atoms. The molecule has 166 valence electrons. The average Bonchev–Trinajstić information content (AvgIpc) is 3.20. The van der Waals surface area contributed by atoms with E-state index in [4.69, 9.17) is 9.47 Å². The number of anilines is 2. The van der Waals surface area contributed by atoms with Gasteiger partial charge in [0.2, 0.25) is 0 Å². The number of halogens is 1. The van der Waals surface area contributed by atoms with Crippen LogP contribution in [-0.4, -0.2) is 55.1 Å². The molecule has 32 heavy (non-hydrogen) atoms.